The van der Waals surface area contributed by atoms with Crippen LogP contribution in [0.3, 0.4) is 0 Å². The standard InChI is InChI=1S/C17H17N3O2S2/c21-24(22,13-8-15-4-2-1-3-5-15)18-9-11-20-10-6-17(19-20)16-7-12-23-14-16/h1-8,10,12-14,18H,9,11H2. The van der Waals surface area contributed by atoms with Crippen molar-refractivity contribution < 1.29 is 8.42 Å². The van der Waals surface area contributed by atoms with Gasteiger partial charge in [0, 0.05) is 29.1 Å². The first kappa shape index (κ1) is 16.6. The van der Waals surface area contributed by atoms with Crippen LogP contribution >= 0.6 is 11.3 Å². The number of hydrogen-bond donors (Lipinski definition) is 1. The highest BCUT2D eigenvalue weighted by Crippen LogP contribution is 2.19. The van der Waals surface area contributed by atoms with E-state index < -0.39 is 10.0 Å². The molecule has 0 amide bonds. The van der Waals surface area contributed by atoms with E-state index in [-0.39, 0.29) is 6.54 Å². The van der Waals surface area contributed by atoms with E-state index in [1.54, 1.807) is 22.1 Å². The monoisotopic (exact) mass is 359 g/mol. The van der Waals surface area contributed by atoms with Crippen LogP contribution < -0.4 is 4.72 Å². The third kappa shape index (κ3) is 4.64. The average Bonchev–Trinajstić information content (AvgIpc) is 3.25. The van der Waals surface area contributed by atoms with E-state index in [9.17, 15) is 8.42 Å². The van der Waals surface area contributed by atoms with Crippen LogP contribution in [0.25, 0.3) is 17.3 Å². The van der Waals surface area contributed by atoms with E-state index >= 15 is 0 Å². The van der Waals surface area contributed by atoms with Crippen molar-refractivity contribution in [1.29, 1.82) is 0 Å². The van der Waals surface area contributed by atoms with Crippen LogP contribution in [0.15, 0.2) is 64.8 Å². The van der Waals surface area contributed by atoms with Gasteiger partial charge in [-0.05, 0) is 29.2 Å². The fraction of sp³-hybridized carbons (Fsp3) is 0.118. The minimum absolute atomic E-state index is 0.284. The molecule has 2 aromatic heterocycles. The molecular weight excluding hydrogens is 342 g/mol. The fourth-order valence-electron chi connectivity index (χ4n) is 2.13. The topological polar surface area (TPSA) is 64.0 Å². The molecule has 1 aromatic carbocycles. The molecule has 0 fully saturated rings. The van der Waals surface area contributed by atoms with Gasteiger partial charge in [-0.25, -0.2) is 13.1 Å². The molecule has 3 aromatic rings. The second-order valence-corrected chi connectivity index (χ2v) is 7.56. The predicted octanol–water partition coefficient (Wildman–Crippen LogP) is 3.20. The van der Waals surface area contributed by atoms with Crippen LogP contribution in [0.2, 0.25) is 0 Å². The van der Waals surface area contributed by atoms with Crippen LogP contribution in [-0.2, 0) is 16.6 Å². The smallest absolute Gasteiger partial charge is 0.233 e. The van der Waals surface area contributed by atoms with Crippen molar-refractivity contribution in [2.24, 2.45) is 0 Å². The van der Waals surface area contributed by atoms with Crippen molar-refractivity contribution in [3.8, 4) is 11.3 Å². The lowest BCUT2D eigenvalue weighted by Gasteiger charge is -2.03. The summed E-state index contributed by atoms with van der Waals surface area (Å²) >= 11 is 1.62. The van der Waals surface area contributed by atoms with E-state index in [0.29, 0.717) is 6.54 Å². The summed E-state index contributed by atoms with van der Waals surface area (Å²) in [6.07, 6.45) is 3.42. The molecule has 7 heteroatoms. The summed E-state index contributed by atoms with van der Waals surface area (Å²) in [6.45, 7) is 0.759. The van der Waals surface area contributed by atoms with Gasteiger partial charge in [-0.3, -0.25) is 4.68 Å². The van der Waals surface area contributed by atoms with Gasteiger partial charge in [0.1, 0.15) is 0 Å². The molecule has 0 aliphatic rings. The summed E-state index contributed by atoms with van der Waals surface area (Å²) in [5, 5.41) is 9.65. The van der Waals surface area contributed by atoms with Gasteiger partial charge < -0.3 is 0 Å². The van der Waals surface area contributed by atoms with Gasteiger partial charge in [0.2, 0.25) is 10.0 Å². The Hall–Kier alpha value is -2.22. The normalized spacial score (nSPS) is 12.0. The number of nitrogens with zero attached hydrogens (tertiary/aromatic N) is 2. The first-order valence-corrected chi connectivity index (χ1v) is 9.90. The lowest BCUT2D eigenvalue weighted by Crippen LogP contribution is -2.25. The Kier molecular flexibility index (Phi) is 5.24. The van der Waals surface area contributed by atoms with Crippen LogP contribution in [0, 0.1) is 0 Å². The second kappa shape index (κ2) is 7.57. The molecule has 0 aliphatic carbocycles. The Bertz CT molecular complexity index is 898. The van der Waals surface area contributed by atoms with E-state index in [1.807, 2.05) is 59.4 Å². The Balaban J connectivity index is 1.53. The van der Waals surface area contributed by atoms with Crippen LogP contribution in [0.5, 0.6) is 0 Å². The third-order valence-electron chi connectivity index (χ3n) is 3.34. The first-order chi connectivity index (χ1) is 11.6. The predicted molar refractivity (Wildman–Crippen MR) is 97.9 cm³/mol. The maximum Gasteiger partial charge on any atom is 0.233 e. The van der Waals surface area contributed by atoms with Gasteiger partial charge in [0.15, 0.2) is 0 Å². The molecule has 2 heterocycles. The average molecular weight is 359 g/mol. The van der Waals surface area contributed by atoms with Crippen molar-refractivity contribution in [3.63, 3.8) is 0 Å². The summed E-state index contributed by atoms with van der Waals surface area (Å²) in [5.41, 5.74) is 2.81. The number of aromatic nitrogens is 2. The summed E-state index contributed by atoms with van der Waals surface area (Å²) in [6, 6.07) is 13.2. The third-order valence-corrected chi connectivity index (χ3v) is 5.13. The Morgan fingerprint density at radius 3 is 2.75 bits per heavy atom. The molecule has 0 spiro atoms. The molecule has 124 valence electrons. The van der Waals surface area contributed by atoms with Crippen LogP contribution in [-0.4, -0.2) is 24.7 Å². The molecule has 0 saturated carbocycles. The van der Waals surface area contributed by atoms with Crippen molar-refractivity contribution in [2.45, 2.75) is 6.54 Å². The molecule has 0 saturated heterocycles. The van der Waals surface area contributed by atoms with Gasteiger partial charge in [-0.15, -0.1) is 0 Å². The van der Waals surface area contributed by atoms with Gasteiger partial charge in [-0.2, -0.15) is 16.4 Å². The molecule has 0 unspecified atom stereocenters. The van der Waals surface area contributed by atoms with E-state index in [0.717, 1.165) is 16.8 Å². The first-order valence-electron chi connectivity index (χ1n) is 7.41. The van der Waals surface area contributed by atoms with Crippen molar-refractivity contribution >= 4 is 27.4 Å². The zero-order chi connectivity index (χ0) is 16.8. The quantitative estimate of drug-likeness (QED) is 0.704. The summed E-state index contributed by atoms with van der Waals surface area (Å²) in [5.74, 6) is 0. The SMILES string of the molecule is O=S(=O)(C=Cc1ccccc1)NCCn1ccc(-c2ccsc2)n1. The Morgan fingerprint density at radius 1 is 1.17 bits per heavy atom. The van der Waals surface area contributed by atoms with Gasteiger partial charge in [0.25, 0.3) is 0 Å². The molecule has 5 nitrogen and oxygen atoms in total. The highest BCUT2D eigenvalue weighted by atomic mass is 32.2. The zero-order valence-corrected chi connectivity index (χ0v) is 14.5. The minimum atomic E-state index is -3.46. The number of thiophene rings is 1. The molecular formula is C17H17N3O2S2. The van der Waals surface area contributed by atoms with Crippen LogP contribution in [0.4, 0.5) is 0 Å². The molecule has 24 heavy (non-hydrogen) atoms. The van der Waals surface area contributed by atoms with Crippen molar-refractivity contribution in [2.75, 3.05) is 6.54 Å². The summed E-state index contributed by atoms with van der Waals surface area (Å²) in [4.78, 5) is 0. The number of rotatable bonds is 7. The lowest BCUT2D eigenvalue weighted by molar-refractivity contribution is 0.568. The Morgan fingerprint density at radius 2 is 2.00 bits per heavy atom. The summed E-state index contributed by atoms with van der Waals surface area (Å²) in [7, 11) is -3.46. The number of nitrogens with one attached hydrogen (secondary N) is 1. The number of hydrogen-bond acceptors (Lipinski definition) is 4. The number of benzene rings is 1. The van der Waals surface area contributed by atoms with Gasteiger partial charge in [0.05, 0.1) is 12.2 Å². The molecule has 0 bridgehead atoms. The van der Waals surface area contributed by atoms with E-state index in [4.69, 9.17) is 0 Å². The molecule has 1 N–H and O–H groups in total. The van der Waals surface area contributed by atoms with Crippen molar-refractivity contribution in [3.05, 3.63) is 70.4 Å². The van der Waals surface area contributed by atoms with Crippen LogP contribution in [0.1, 0.15) is 5.56 Å². The molecule has 3 rings (SSSR count). The molecule has 0 radical (unpaired) electrons. The minimum Gasteiger partial charge on any atom is -0.271 e. The largest absolute Gasteiger partial charge is 0.271 e. The maximum atomic E-state index is 12.0. The molecule has 0 atom stereocenters. The van der Waals surface area contributed by atoms with Gasteiger partial charge >= 0.3 is 0 Å². The summed E-state index contributed by atoms with van der Waals surface area (Å²) < 4.78 is 28.2. The maximum absolute atomic E-state index is 12.0. The molecule has 0 aliphatic heterocycles. The highest BCUT2D eigenvalue weighted by Gasteiger charge is 2.06. The van der Waals surface area contributed by atoms with E-state index in [2.05, 4.69) is 9.82 Å². The zero-order valence-electron chi connectivity index (χ0n) is 12.9. The fourth-order valence-corrected chi connectivity index (χ4v) is 3.59. The van der Waals surface area contributed by atoms with Crippen molar-refractivity contribution in [1.82, 2.24) is 14.5 Å². The second-order valence-electron chi connectivity index (χ2n) is 5.13. The van der Waals surface area contributed by atoms with E-state index in [1.165, 1.54) is 5.41 Å². The Labute approximate surface area is 145 Å². The van der Waals surface area contributed by atoms with Gasteiger partial charge in [-0.1, -0.05) is 30.3 Å². The number of sulfonamides is 1. The lowest BCUT2D eigenvalue weighted by atomic mass is 10.2. The highest BCUT2D eigenvalue weighted by molar-refractivity contribution is 7.92.